The van der Waals surface area contributed by atoms with Crippen LogP contribution in [0.5, 0.6) is 0 Å². The molecule has 582 valence electrons. The summed E-state index contributed by atoms with van der Waals surface area (Å²) < 4.78 is 0. The van der Waals surface area contributed by atoms with Crippen LogP contribution in [-0.4, -0.2) is 35.9 Å². The summed E-state index contributed by atoms with van der Waals surface area (Å²) in [5, 5.41) is 21.3. The van der Waals surface area contributed by atoms with Crippen molar-refractivity contribution in [3.8, 4) is 0 Å². The van der Waals surface area contributed by atoms with Gasteiger partial charge in [-0.2, -0.15) is 0 Å². The number of carbonyl (C=O) groups is 1. The van der Waals surface area contributed by atoms with Crippen molar-refractivity contribution in [1.82, 2.24) is 5.32 Å². The van der Waals surface area contributed by atoms with Crippen molar-refractivity contribution in [2.45, 2.75) is 571 Å². The van der Waals surface area contributed by atoms with Crippen molar-refractivity contribution in [1.29, 1.82) is 0 Å². The molecule has 0 aromatic rings. The van der Waals surface area contributed by atoms with Crippen LogP contribution in [0.4, 0.5) is 0 Å². The van der Waals surface area contributed by atoms with Crippen molar-refractivity contribution >= 4 is 5.97 Å². The molecule has 0 fully saturated rings. The second-order valence-electron chi connectivity index (χ2n) is 32.7. The van der Waals surface area contributed by atoms with Gasteiger partial charge in [0.25, 0.3) is 0 Å². The van der Waals surface area contributed by atoms with Crippen molar-refractivity contribution in [2.75, 3.05) is 19.7 Å². The summed E-state index contributed by atoms with van der Waals surface area (Å²) in [7, 11) is 0. The Labute approximate surface area is 614 Å². The highest BCUT2D eigenvalue weighted by Gasteiger charge is 2.04. The van der Waals surface area contributed by atoms with E-state index in [0.717, 1.165) is 19.3 Å². The highest BCUT2D eigenvalue weighted by Crippen LogP contribution is 2.22. The maximum atomic E-state index is 10.6. The van der Waals surface area contributed by atoms with E-state index in [4.69, 9.17) is 10.2 Å². The van der Waals surface area contributed by atoms with E-state index in [-0.39, 0.29) is 0 Å². The molecule has 0 rings (SSSR count). The van der Waals surface area contributed by atoms with E-state index < -0.39 is 5.97 Å². The molecule has 0 aromatic carbocycles. The van der Waals surface area contributed by atoms with Crippen LogP contribution in [0, 0.1) is 0 Å². The lowest BCUT2D eigenvalue weighted by Gasteiger charge is -2.06. The Morgan fingerprint density at radius 2 is 0.237 bits per heavy atom. The average molecular weight is 1370 g/mol. The highest BCUT2D eigenvalue weighted by atomic mass is 16.4. The zero-order valence-electron chi connectivity index (χ0n) is 67.4. The summed E-state index contributed by atoms with van der Waals surface area (Å²) in [4.78, 5) is 10.6. The van der Waals surface area contributed by atoms with Gasteiger partial charge in [0.15, 0.2) is 0 Å². The molecule has 0 atom stereocenters. The van der Waals surface area contributed by atoms with Crippen LogP contribution in [-0.2, 0) is 4.79 Å². The number of aliphatic hydroxyl groups is 1. The van der Waals surface area contributed by atoms with Crippen LogP contribution in [0.3, 0.4) is 0 Å². The molecular formula is C93H187NO3. The molecule has 0 spiro atoms. The molecule has 0 aromatic heterocycles. The number of hydrogen-bond acceptors (Lipinski definition) is 3. The van der Waals surface area contributed by atoms with Gasteiger partial charge in [0.2, 0.25) is 0 Å². The molecule has 0 unspecified atom stereocenters. The molecule has 0 saturated carbocycles. The number of unbranched alkanes of at least 4 members (excludes halogenated alkanes) is 86. The van der Waals surface area contributed by atoms with Gasteiger partial charge in [-0.15, -0.1) is 0 Å². The predicted octanol–water partition coefficient (Wildman–Crippen LogP) is 33.4. The first kappa shape index (κ1) is 96.4. The van der Waals surface area contributed by atoms with E-state index in [1.807, 2.05) is 0 Å². The van der Waals surface area contributed by atoms with Crippen molar-refractivity contribution in [3.63, 3.8) is 0 Å². The Hall–Kier alpha value is -0.610. The predicted molar refractivity (Wildman–Crippen MR) is 439 cm³/mol. The van der Waals surface area contributed by atoms with Gasteiger partial charge in [0, 0.05) is 13.0 Å². The number of carboxylic acid groups (broad SMARTS) is 1. The first-order chi connectivity index (χ1) is 48.3. The normalized spacial score (nSPS) is 11.8. The fourth-order valence-corrected chi connectivity index (χ4v) is 15.9. The molecule has 0 bridgehead atoms. The van der Waals surface area contributed by atoms with Gasteiger partial charge < -0.3 is 15.5 Å². The maximum Gasteiger partial charge on any atom is 0.303 e. The minimum absolute atomic E-state index is 0.347. The molecule has 0 aliphatic carbocycles. The summed E-state index contributed by atoms with van der Waals surface area (Å²) in [6.07, 6.45) is 127. The molecule has 0 saturated heterocycles. The summed E-state index contributed by atoms with van der Waals surface area (Å²) >= 11 is 0. The standard InChI is InChI=1S/C93H187NO3/c95-92-88-84-80-76-72-68-64-60-59-63-67-71-75-79-83-87-91-94-90-86-82-78-74-70-66-62-58-56-54-52-50-48-46-44-42-40-38-36-34-32-30-28-26-24-22-20-18-16-14-12-10-8-6-4-2-1-3-5-7-9-11-13-15-17-19-21-23-25-27-29-31-33-35-37-39-41-43-45-47-49-51-53-55-57-61-65-69-73-77-81-85-89-93(96)97/h94-95H,1-92H2,(H,96,97). The van der Waals surface area contributed by atoms with Gasteiger partial charge in [0.1, 0.15) is 0 Å². The lowest BCUT2D eigenvalue weighted by Crippen LogP contribution is -2.16. The Kier molecular flexibility index (Phi) is 92.8. The van der Waals surface area contributed by atoms with Gasteiger partial charge in [0.05, 0.1) is 0 Å². The summed E-state index contributed by atoms with van der Waals surface area (Å²) in [6, 6.07) is 0. The number of carboxylic acids is 1. The Balaban J connectivity index is 3.09. The zero-order chi connectivity index (χ0) is 69.3. The molecule has 0 aliphatic heterocycles. The number of aliphatic hydroxyl groups excluding tert-OH is 1. The third-order valence-electron chi connectivity index (χ3n) is 22.8. The topological polar surface area (TPSA) is 69.6 Å². The quantitative estimate of drug-likeness (QED) is 0.0531. The van der Waals surface area contributed by atoms with E-state index in [1.54, 1.807) is 0 Å². The number of hydrogen-bond donors (Lipinski definition) is 3. The molecule has 0 aliphatic rings. The highest BCUT2D eigenvalue weighted by molar-refractivity contribution is 5.66. The van der Waals surface area contributed by atoms with E-state index in [9.17, 15) is 4.79 Å². The summed E-state index contributed by atoms with van der Waals surface area (Å²) in [6.45, 7) is 2.85. The minimum Gasteiger partial charge on any atom is -0.481 e. The molecule has 3 N–H and O–H groups in total. The average Bonchev–Trinajstić information content (AvgIpc) is 3.60. The molecule has 0 radical (unpaired) electrons. The molecular weight excluding hydrogens is 1180 g/mol. The van der Waals surface area contributed by atoms with E-state index in [0.29, 0.717) is 13.0 Å². The van der Waals surface area contributed by atoms with Crippen molar-refractivity contribution in [3.05, 3.63) is 0 Å². The van der Waals surface area contributed by atoms with Crippen LogP contribution in [0.2, 0.25) is 0 Å². The lowest BCUT2D eigenvalue weighted by molar-refractivity contribution is -0.137. The Morgan fingerprint density at radius 1 is 0.144 bits per heavy atom. The van der Waals surface area contributed by atoms with E-state index in [2.05, 4.69) is 5.32 Å². The second-order valence-corrected chi connectivity index (χ2v) is 32.7. The maximum absolute atomic E-state index is 10.6. The summed E-state index contributed by atoms with van der Waals surface area (Å²) in [5.41, 5.74) is 0. The number of nitrogens with one attached hydrogen (secondary N) is 1. The van der Waals surface area contributed by atoms with E-state index >= 15 is 0 Å². The first-order valence-corrected chi connectivity index (χ1v) is 46.8. The Morgan fingerprint density at radius 3 is 0.340 bits per heavy atom. The van der Waals surface area contributed by atoms with Crippen molar-refractivity contribution < 1.29 is 15.0 Å². The largest absolute Gasteiger partial charge is 0.481 e. The molecule has 97 heavy (non-hydrogen) atoms. The van der Waals surface area contributed by atoms with E-state index in [1.165, 1.54) is 559 Å². The molecule has 0 heterocycles. The zero-order valence-corrected chi connectivity index (χ0v) is 67.4. The van der Waals surface area contributed by atoms with Crippen LogP contribution in [0.15, 0.2) is 0 Å². The molecule has 0 amide bonds. The fraction of sp³-hybridized carbons (Fsp3) is 0.989. The number of aliphatic carboxylic acids is 1. The fourth-order valence-electron chi connectivity index (χ4n) is 15.9. The van der Waals surface area contributed by atoms with Crippen LogP contribution in [0.1, 0.15) is 571 Å². The SMILES string of the molecule is O=C(O)CCCCCCCCCCCCCCCCCCCCCCCCCCCCCCCCCCCCCCCCCCCCCCCCCCCCCCCCCCCCCCCCCCCCCCCCCCNCCCCCCCCCCCCCCCCCCO. The monoisotopic (exact) mass is 1370 g/mol. The smallest absolute Gasteiger partial charge is 0.303 e. The van der Waals surface area contributed by atoms with Crippen molar-refractivity contribution in [2.24, 2.45) is 0 Å². The van der Waals surface area contributed by atoms with Crippen LogP contribution >= 0.6 is 0 Å². The minimum atomic E-state index is -0.645. The Bertz CT molecular complexity index is 1340. The van der Waals surface area contributed by atoms with Crippen LogP contribution < -0.4 is 5.32 Å². The van der Waals surface area contributed by atoms with Crippen LogP contribution in [0.25, 0.3) is 0 Å². The van der Waals surface area contributed by atoms with Gasteiger partial charge in [-0.05, 0) is 38.8 Å². The number of rotatable bonds is 93. The third kappa shape index (κ3) is 95.4. The van der Waals surface area contributed by atoms with Gasteiger partial charge in [-0.1, -0.05) is 539 Å². The lowest BCUT2D eigenvalue weighted by atomic mass is 10.0. The molecule has 4 heteroatoms. The van der Waals surface area contributed by atoms with Gasteiger partial charge in [-0.25, -0.2) is 0 Å². The van der Waals surface area contributed by atoms with Gasteiger partial charge in [-0.3, -0.25) is 4.79 Å². The third-order valence-corrected chi connectivity index (χ3v) is 22.8. The molecule has 4 nitrogen and oxygen atoms in total. The summed E-state index contributed by atoms with van der Waals surface area (Å²) in [5.74, 6) is -0.645. The second kappa shape index (κ2) is 93.4. The van der Waals surface area contributed by atoms with Gasteiger partial charge >= 0.3 is 5.97 Å². The first-order valence-electron chi connectivity index (χ1n) is 46.8.